The zero-order valence-electron chi connectivity index (χ0n) is 11.3. The molecule has 114 valence electrons. The van der Waals surface area contributed by atoms with Crippen LogP contribution >= 0.6 is 10.8 Å². The van der Waals surface area contributed by atoms with Crippen LogP contribution in [0.5, 0.6) is 0 Å². The van der Waals surface area contributed by atoms with Crippen LogP contribution in [0.15, 0.2) is 53.6 Å². The summed E-state index contributed by atoms with van der Waals surface area (Å²) in [5.74, 6) is -0.939. The van der Waals surface area contributed by atoms with E-state index in [1.165, 1.54) is 18.3 Å². The maximum absolute atomic E-state index is 12.4. The molecule has 0 saturated carbocycles. The van der Waals surface area contributed by atoms with Gasteiger partial charge in [0.15, 0.2) is 11.8 Å². The number of hydrogen-bond donors (Lipinski definition) is 4. The SMILES string of the molecule is O=C(Nc1ccccn1)C1NS(O)(O)c2ccccc2C1=O. The molecule has 2 aromatic rings. The van der Waals surface area contributed by atoms with Crippen LogP contribution in [0.2, 0.25) is 0 Å². The molecule has 3 rings (SSSR count). The molecule has 0 spiro atoms. The monoisotopic (exact) mass is 319 g/mol. The van der Waals surface area contributed by atoms with Crippen LogP contribution in [-0.2, 0) is 4.79 Å². The summed E-state index contributed by atoms with van der Waals surface area (Å²) in [6.45, 7) is 0. The van der Waals surface area contributed by atoms with E-state index in [1.807, 2.05) is 0 Å². The van der Waals surface area contributed by atoms with Gasteiger partial charge in [-0.25, -0.2) is 4.98 Å². The van der Waals surface area contributed by atoms with Gasteiger partial charge in [-0.3, -0.25) is 18.7 Å². The van der Waals surface area contributed by atoms with E-state index in [2.05, 4.69) is 15.0 Å². The van der Waals surface area contributed by atoms with Gasteiger partial charge in [0.25, 0.3) is 5.91 Å². The largest absolute Gasteiger partial charge is 0.309 e. The van der Waals surface area contributed by atoms with E-state index >= 15 is 0 Å². The van der Waals surface area contributed by atoms with Gasteiger partial charge in [0.2, 0.25) is 0 Å². The van der Waals surface area contributed by atoms with Gasteiger partial charge in [0, 0.05) is 11.8 Å². The van der Waals surface area contributed by atoms with Gasteiger partial charge >= 0.3 is 0 Å². The summed E-state index contributed by atoms with van der Waals surface area (Å²) in [6, 6.07) is 9.66. The molecule has 2 heterocycles. The highest BCUT2D eigenvalue weighted by atomic mass is 32.3. The van der Waals surface area contributed by atoms with E-state index in [0.717, 1.165) is 0 Å². The Balaban J connectivity index is 1.90. The van der Waals surface area contributed by atoms with Crippen LogP contribution in [0.3, 0.4) is 0 Å². The maximum Gasteiger partial charge on any atom is 0.252 e. The number of nitrogens with zero attached hydrogens (tertiary/aromatic N) is 1. The standard InChI is InChI=1S/C14H13N3O4S/c18-13-9-5-1-2-6-10(9)22(20,21)17-12(13)14(19)16-11-7-3-4-8-15-11/h1-8,12,17,20-21H,(H,15,16,19). The lowest BCUT2D eigenvalue weighted by molar-refractivity contribution is -0.116. The molecule has 1 amide bonds. The van der Waals surface area contributed by atoms with E-state index in [-0.39, 0.29) is 16.3 Å². The number of carbonyl (C=O) groups excluding carboxylic acids is 2. The van der Waals surface area contributed by atoms with Crippen LogP contribution in [0.4, 0.5) is 5.82 Å². The number of rotatable bonds is 2. The maximum atomic E-state index is 12.4. The average Bonchev–Trinajstić information content (AvgIpc) is 2.52. The number of Topliss-reactive ketones (excluding diaryl/α,β-unsaturated/α-hetero) is 1. The zero-order valence-corrected chi connectivity index (χ0v) is 12.1. The third-order valence-electron chi connectivity index (χ3n) is 3.18. The van der Waals surface area contributed by atoms with Gasteiger partial charge in [0.1, 0.15) is 5.82 Å². The fraction of sp³-hybridized carbons (Fsp3) is 0.0714. The quantitative estimate of drug-likeness (QED) is 0.629. The first-order valence-electron chi connectivity index (χ1n) is 6.40. The fourth-order valence-corrected chi connectivity index (χ4v) is 3.58. The number of benzene rings is 1. The molecule has 0 aliphatic carbocycles. The van der Waals surface area contributed by atoms with Crippen molar-refractivity contribution in [3.63, 3.8) is 0 Å². The van der Waals surface area contributed by atoms with Crippen molar-refractivity contribution >= 4 is 28.3 Å². The van der Waals surface area contributed by atoms with E-state index in [4.69, 9.17) is 0 Å². The van der Waals surface area contributed by atoms with Crippen molar-refractivity contribution in [3.8, 4) is 0 Å². The summed E-state index contributed by atoms with van der Waals surface area (Å²) < 4.78 is 22.5. The number of pyridine rings is 1. The highest BCUT2D eigenvalue weighted by Gasteiger charge is 2.40. The minimum atomic E-state index is -3.41. The van der Waals surface area contributed by atoms with Gasteiger partial charge < -0.3 is 5.32 Å². The summed E-state index contributed by atoms with van der Waals surface area (Å²) in [7, 11) is -3.41. The van der Waals surface area contributed by atoms with Gasteiger partial charge in [-0.05, 0) is 24.3 Å². The van der Waals surface area contributed by atoms with Crippen molar-refractivity contribution in [1.29, 1.82) is 0 Å². The molecule has 1 unspecified atom stereocenters. The minimum absolute atomic E-state index is 0.0990. The predicted octanol–water partition coefficient (Wildman–Crippen LogP) is 1.90. The number of ketones is 1. The molecule has 0 saturated heterocycles. The summed E-state index contributed by atoms with van der Waals surface area (Å²) in [5.41, 5.74) is 0.127. The molecule has 4 N–H and O–H groups in total. The Morgan fingerprint density at radius 2 is 1.91 bits per heavy atom. The fourth-order valence-electron chi connectivity index (χ4n) is 2.16. The Labute approximate surface area is 127 Å². The first-order valence-corrected chi connectivity index (χ1v) is 7.94. The second-order valence-electron chi connectivity index (χ2n) is 4.66. The number of aromatic nitrogens is 1. The first kappa shape index (κ1) is 14.7. The number of anilines is 1. The Hall–Kier alpha value is -2.26. The van der Waals surface area contributed by atoms with E-state index in [0.29, 0.717) is 0 Å². The van der Waals surface area contributed by atoms with Crippen molar-refractivity contribution in [3.05, 3.63) is 54.2 Å². The number of amides is 1. The molecule has 0 fully saturated rings. The molecule has 0 radical (unpaired) electrons. The lowest BCUT2D eigenvalue weighted by atomic mass is 10.0. The van der Waals surface area contributed by atoms with Crippen molar-refractivity contribution in [1.82, 2.24) is 9.71 Å². The molecule has 7 nitrogen and oxygen atoms in total. The molecule has 1 atom stereocenters. The van der Waals surface area contributed by atoms with Gasteiger partial charge in [-0.1, -0.05) is 18.2 Å². The van der Waals surface area contributed by atoms with Gasteiger partial charge in [-0.15, -0.1) is 10.8 Å². The second kappa shape index (κ2) is 5.50. The number of carbonyl (C=O) groups is 2. The molecule has 1 aliphatic rings. The molecular formula is C14H13N3O4S. The van der Waals surface area contributed by atoms with Crippen molar-refractivity contribution < 1.29 is 18.7 Å². The summed E-state index contributed by atoms with van der Waals surface area (Å²) >= 11 is 0. The van der Waals surface area contributed by atoms with Crippen LogP contribution in [-0.4, -0.2) is 31.8 Å². The van der Waals surface area contributed by atoms with Crippen LogP contribution < -0.4 is 10.0 Å². The lowest BCUT2D eigenvalue weighted by Gasteiger charge is -2.40. The third-order valence-corrected chi connectivity index (χ3v) is 4.72. The number of fused-ring (bicyclic) bond motifs is 1. The van der Waals surface area contributed by atoms with E-state index in [9.17, 15) is 18.7 Å². The summed E-state index contributed by atoms with van der Waals surface area (Å²) in [6.07, 6.45) is 1.49. The number of hydrogen-bond acceptors (Lipinski definition) is 6. The Kier molecular flexibility index (Phi) is 3.67. The molecule has 8 heteroatoms. The molecule has 22 heavy (non-hydrogen) atoms. The van der Waals surface area contributed by atoms with E-state index in [1.54, 1.807) is 30.3 Å². The Bertz CT molecular complexity index is 736. The van der Waals surface area contributed by atoms with Crippen molar-refractivity contribution in [2.75, 3.05) is 5.32 Å². The predicted molar refractivity (Wildman–Crippen MR) is 81.7 cm³/mol. The van der Waals surface area contributed by atoms with Crippen molar-refractivity contribution in [2.24, 2.45) is 0 Å². The van der Waals surface area contributed by atoms with Gasteiger partial charge in [-0.2, -0.15) is 4.72 Å². The molecule has 0 bridgehead atoms. The molecule has 1 aromatic heterocycles. The lowest BCUT2D eigenvalue weighted by Crippen LogP contribution is -2.50. The molecular weight excluding hydrogens is 306 g/mol. The first-order chi connectivity index (χ1) is 10.5. The zero-order chi connectivity index (χ0) is 15.7. The van der Waals surface area contributed by atoms with Crippen molar-refractivity contribution in [2.45, 2.75) is 10.9 Å². The van der Waals surface area contributed by atoms with E-state index < -0.39 is 28.5 Å². The minimum Gasteiger partial charge on any atom is -0.309 e. The highest BCUT2D eigenvalue weighted by Crippen LogP contribution is 2.49. The second-order valence-corrected chi connectivity index (χ2v) is 6.44. The van der Waals surface area contributed by atoms with Crippen LogP contribution in [0.1, 0.15) is 10.4 Å². The summed E-state index contributed by atoms with van der Waals surface area (Å²) in [5, 5.41) is 2.47. The smallest absolute Gasteiger partial charge is 0.252 e. The topological polar surface area (TPSA) is 112 Å². The van der Waals surface area contributed by atoms with Crippen LogP contribution in [0, 0.1) is 0 Å². The Morgan fingerprint density at radius 3 is 2.64 bits per heavy atom. The van der Waals surface area contributed by atoms with Crippen LogP contribution in [0.25, 0.3) is 0 Å². The normalized spacial score (nSPS) is 20.8. The average molecular weight is 319 g/mol. The third kappa shape index (κ3) is 2.60. The molecule has 1 aliphatic heterocycles. The highest BCUT2D eigenvalue weighted by molar-refractivity contribution is 8.22. The Morgan fingerprint density at radius 1 is 1.18 bits per heavy atom. The summed E-state index contributed by atoms with van der Waals surface area (Å²) in [4.78, 5) is 28.6. The number of nitrogens with one attached hydrogen (secondary N) is 2. The molecule has 1 aromatic carbocycles. The van der Waals surface area contributed by atoms with Gasteiger partial charge in [0.05, 0.1) is 4.90 Å².